The number of halogens is 3. The normalized spacial score (nSPS) is 11.9. The van der Waals surface area contributed by atoms with E-state index in [4.69, 9.17) is 16.7 Å². The lowest BCUT2D eigenvalue weighted by Crippen LogP contribution is -2.42. The number of carbonyl (C=O) groups excluding carboxylic acids is 1. The van der Waals surface area contributed by atoms with Crippen LogP contribution in [0.25, 0.3) is 16.9 Å². The molecular formula is C20H16ClF2N3O3. The van der Waals surface area contributed by atoms with Crippen molar-refractivity contribution in [2.75, 3.05) is 13.3 Å². The highest BCUT2D eigenvalue weighted by Crippen LogP contribution is 2.20. The van der Waals surface area contributed by atoms with E-state index in [0.717, 1.165) is 10.7 Å². The Bertz CT molecular complexity index is 1080. The maximum atomic E-state index is 13.7. The van der Waals surface area contributed by atoms with Gasteiger partial charge in [-0.1, -0.05) is 29.8 Å². The van der Waals surface area contributed by atoms with Crippen LogP contribution in [0.15, 0.2) is 59.4 Å². The Morgan fingerprint density at radius 1 is 1.21 bits per heavy atom. The Balaban J connectivity index is 2.17. The minimum atomic E-state index is -1.16. The number of aromatic nitrogens is 2. The van der Waals surface area contributed by atoms with Gasteiger partial charge >= 0.3 is 0 Å². The molecule has 0 saturated heterocycles. The van der Waals surface area contributed by atoms with Crippen LogP contribution >= 0.6 is 11.6 Å². The first-order valence-electron chi connectivity index (χ1n) is 8.57. The molecule has 0 fully saturated rings. The Labute approximate surface area is 169 Å². The standard InChI is InChI=1S/C20H16ClF2N3O3/c21-13-6-4-12(5-7-13)18-9-17(19(28)24-15(10-22)11-27)20(29)26(25-18)16-3-1-2-14(23)8-16/h1-9,15,27H,10-11H2,(H,24,28)/t15-/m0/s1. The third kappa shape index (κ3) is 4.67. The number of nitrogens with one attached hydrogen (secondary N) is 1. The molecule has 29 heavy (non-hydrogen) atoms. The maximum Gasteiger partial charge on any atom is 0.284 e. The summed E-state index contributed by atoms with van der Waals surface area (Å²) in [5, 5.41) is 16.1. The second-order valence-corrected chi connectivity index (χ2v) is 6.59. The van der Waals surface area contributed by atoms with Crippen LogP contribution in [0.3, 0.4) is 0 Å². The molecule has 1 atom stereocenters. The van der Waals surface area contributed by atoms with Crippen molar-refractivity contribution < 1.29 is 18.7 Å². The van der Waals surface area contributed by atoms with Gasteiger partial charge in [0.05, 0.1) is 24.0 Å². The highest BCUT2D eigenvalue weighted by atomic mass is 35.5. The van der Waals surface area contributed by atoms with Gasteiger partial charge < -0.3 is 10.4 Å². The SMILES string of the molecule is O=C(N[C@H](CO)CF)c1cc(-c2ccc(Cl)cc2)nn(-c2cccc(F)c2)c1=O. The highest BCUT2D eigenvalue weighted by Gasteiger charge is 2.20. The van der Waals surface area contributed by atoms with Crippen LogP contribution < -0.4 is 10.9 Å². The van der Waals surface area contributed by atoms with Gasteiger partial charge in [0, 0.05) is 10.6 Å². The Kier molecular flexibility index (Phi) is 6.36. The summed E-state index contributed by atoms with van der Waals surface area (Å²) in [7, 11) is 0. The van der Waals surface area contributed by atoms with Crippen molar-refractivity contribution in [1.29, 1.82) is 0 Å². The number of nitrogens with zero attached hydrogens (tertiary/aromatic N) is 2. The largest absolute Gasteiger partial charge is 0.394 e. The van der Waals surface area contributed by atoms with Crippen LogP contribution in [0.2, 0.25) is 5.02 Å². The van der Waals surface area contributed by atoms with Crippen LogP contribution in [0.5, 0.6) is 0 Å². The van der Waals surface area contributed by atoms with E-state index >= 15 is 0 Å². The summed E-state index contributed by atoms with van der Waals surface area (Å²) >= 11 is 5.90. The van der Waals surface area contributed by atoms with Gasteiger partial charge in [-0.25, -0.2) is 8.78 Å². The molecule has 0 bridgehead atoms. The average Bonchev–Trinajstić information content (AvgIpc) is 2.72. The number of amides is 1. The first-order chi connectivity index (χ1) is 13.9. The van der Waals surface area contributed by atoms with Crippen LogP contribution in [0, 0.1) is 5.82 Å². The topological polar surface area (TPSA) is 84.2 Å². The lowest BCUT2D eigenvalue weighted by Gasteiger charge is -2.14. The zero-order chi connectivity index (χ0) is 21.0. The Morgan fingerprint density at radius 2 is 1.93 bits per heavy atom. The molecule has 0 radical (unpaired) electrons. The molecule has 0 unspecified atom stereocenters. The van der Waals surface area contributed by atoms with Crippen molar-refractivity contribution in [3.63, 3.8) is 0 Å². The Morgan fingerprint density at radius 3 is 2.55 bits per heavy atom. The number of alkyl halides is 1. The number of hydrogen-bond donors (Lipinski definition) is 2. The predicted molar refractivity (Wildman–Crippen MR) is 105 cm³/mol. The molecule has 6 nitrogen and oxygen atoms in total. The number of aliphatic hydroxyl groups is 1. The lowest BCUT2D eigenvalue weighted by atomic mass is 10.1. The minimum Gasteiger partial charge on any atom is -0.394 e. The quantitative estimate of drug-likeness (QED) is 0.643. The molecule has 0 aliphatic rings. The highest BCUT2D eigenvalue weighted by molar-refractivity contribution is 6.30. The van der Waals surface area contributed by atoms with Crippen molar-refractivity contribution in [3.8, 4) is 16.9 Å². The van der Waals surface area contributed by atoms with Crippen LogP contribution in [-0.4, -0.2) is 40.1 Å². The van der Waals surface area contributed by atoms with E-state index in [1.165, 1.54) is 24.3 Å². The fourth-order valence-electron chi connectivity index (χ4n) is 2.60. The molecule has 0 saturated carbocycles. The molecule has 3 aromatic rings. The number of rotatable bonds is 6. The summed E-state index contributed by atoms with van der Waals surface area (Å²) in [6.07, 6.45) is 0. The minimum absolute atomic E-state index is 0.115. The fraction of sp³-hybridized carbons (Fsp3) is 0.150. The summed E-state index contributed by atoms with van der Waals surface area (Å²) in [6, 6.07) is 11.8. The van der Waals surface area contributed by atoms with E-state index in [1.807, 2.05) is 0 Å². The predicted octanol–water partition coefficient (Wildman–Crippen LogP) is 2.75. The maximum absolute atomic E-state index is 13.7. The van der Waals surface area contributed by atoms with Crippen molar-refractivity contribution in [3.05, 3.63) is 81.4 Å². The van der Waals surface area contributed by atoms with Gasteiger partial charge in [-0.2, -0.15) is 9.78 Å². The molecular weight excluding hydrogens is 404 g/mol. The summed E-state index contributed by atoms with van der Waals surface area (Å²) < 4.78 is 27.4. The summed E-state index contributed by atoms with van der Waals surface area (Å²) in [4.78, 5) is 25.4. The summed E-state index contributed by atoms with van der Waals surface area (Å²) in [6.45, 7) is -1.63. The number of benzene rings is 2. The van der Waals surface area contributed by atoms with Gasteiger partial charge in [0.2, 0.25) is 0 Å². The van der Waals surface area contributed by atoms with E-state index in [0.29, 0.717) is 10.6 Å². The third-order valence-corrected chi connectivity index (χ3v) is 4.34. The van der Waals surface area contributed by atoms with Gasteiger partial charge in [0.25, 0.3) is 11.5 Å². The fourth-order valence-corrected chi connectivity index (χ4v) is 2.72. The lowest BCUT2D eigenvalue weighted by molar-refractivity contribution is 0.0902. The van der Waals surface area contributed by atoms with Crippen molar-refractivity contribution >= 4 is 17.5 Å². The molecule has 0 aliphatic heterocycles. The average molecular weight is 420 g/mol. The molecule has 1 heterocycles. The third-order valence-electron chi connectivity index (χ3n) is 4.09. The zero-order valence-corrected chi connectivity index (χ0v) is 15.7. The van der Waals surface area contributed by atoms with E-state index in [2.05, 4.69) is 10.4 Å². The van der Waals surface area contributed by atoms with E-state index in [-0.39, 0.29) is 16.9 Å². The van der Waals surface area contributed by atoms with Crippen molar-refractivity contribution in [2.45, 2.75) is 6.04 Å². The molecule has 3 rings (SSSR count). The molecule has 1 amide bonds. The van der Waals surface area contributed by atoms with Gasteiger partial charge in [-0.05, 0) is 36.4 Å². The smallest absolute Gasteiger partial charge is 0.284 e. The molecule has 0 aliphatic carbocycles. The van der Waals surface area contributed by atoms with E-state index in [9.17, 15) is 18.4 Å². The van der Waals surface area contributed by atoms with E-state index < -0.39 is 36.6 Å². The van der Waals surface area contributed by atoms with Gasteiger partial charge in [-0.3, -0.25) is 9.59 Å². The zero-order valence-electron chi connectivity index (χ0n) is 15.0. The first kappa shape index (κ1) is 20.6. The summed E-state index contributed by atoms with van der Waals surface area (Å²) in [5.41, 5.74) is -0.235. The van der Waals surface area contributed by atoms with Gasteiger partial charge in [-0.15, -0.1) is 0 Å². The number of aliphatic hydroxyl groups excluding tert-OH is 1. The molecule has 150 valence electrons. The van der Waals surface area contributed by atoms with Crippen LogP contribution in [-0.2, 0) is 0 Å². The second-order valence-electron chi connectivity index (χ2n) is 6.15. The number of carbonyl (C=O) groups is 1. The van der Waals surface area contributed by atoms with Gasteiger partial charge in [0.15, 0.2) is 0 Å². The number of hydrogen-bond acceptors (Lipinski definition) is 4. The van der Waals surface area contributed by atoms with E-state index in [1.54, 1.807) is 24.3 Å². The van der Waals surface area contributed by atoms with Crippen molar-refractivity contribution in [2.24, 2.45) is 0 Å². The van der Waals surface area contributed by atoms with Gasteiger partial charge in [0.1, 0.15) is 18.1 Å². The van der Waals surface area contributed by atoms with Crippen LogP contribution in [0.1, 0.15) is 10.4 Å². The second kappa shape index (κ2) is 8.93. The molecule has 2 N–H and O–H groups in total. The molecule has 0 spiro atoms. The monoisotopic (exact) mass is 419 g/mol. The molecule has 2 aromatic carbocycles. The van der Waals surface area contributed by atoms with Crippen LogP contribution in [0.4, 0.5) is 8.78 Å². The molecule has 1 aromatic heterocycles. The first-order valence-corrected chi connectivity index (χ1v) is 8.94. The summed E-state index contributed by atoms with van der Waals surface area (Å²) in [5.74, 6) is -1.47. The molecule has 9 heteroatoms. The van der Waals surface area contributed by atoms with Crippen molar-refractivity contribution in [1.82, 2.24) is 15.1 Å². The Hall–Kier alpha value is -3.10.